The smallest absolute Gasteiger partial charge is 0.227 e. The Morgan fingerprint density at radius 1 is 0.393 bits per heavy atom. The molecule has 0 aliphatic heterocycles. The van der Waals surface area contributed by atoms with Gasteiger partial charge in [0, 0.05) is 43.0 Å². The molecule has 56 heavy (non-hydrogen) atoms. The molecule has 0 amide bonds. The molecule has 0 radical (unpaired) electrons. The average molecular weight is 737 g/mol. The van der Waals surface area contributed by atoms with Gasteiger partial charge in [-0.1, -0.05) is 103 Å². The first-order chi connectivity index (χ1) is 27.7. The summed E-state index contributed by atoms with van der Waals surface area (Å²) in [6.07, 6.45) is 0. The molecule has 0 atom stereocenters. The first kappa shape index (κ1) is 32.2. The fourth-order valence-electron chi connectivity index (χ4n) is 7.66. The van der Waals surface area contributed by atoms with Crippen molar-refractivity contribution in [1.29, 1.82) is 0 Å². The second-order valence-corrected chi connectivity index (χ2v) is 15.1. The Kier molecular flexibility index (Phi) is 7.64. The van der Waals surface area contributed by atoms with Gasteiger partial charge in [0.2, 0.25) is 5.89 Å². The quantitative estimate of drug-likeness (QED) is 0.163. The Bertz CT molecular complexity index is 2990. The molecule has 8 aromatic carbocycles. The molecule has 0 unspecified atom stereocenters. The minimum absolute atomic E-state index is 0.613. The van der Waals surface area contributed by atoms with E-state index in [1.54, 1.807) is 0 Å². The Morgan fingerprint density at radius 3 is 1.62 bits per heavy atom. The number of oxazole rings is 1. The summed E-state index contributed by atoms with van der Waals surface area (Å²) in [4.78, 5) is 8.28. The van der Waals surface area contributed by atoms with Gasteiger partial charge in [-0.2, -0.15) is 0 Å². The minimum Gasteiger partial charge on any atom is -0.456 e. The highest BCUT2D eigenvalue weighted by Crippen LogP contribution is 2.40. The number of thiophene rings is 1. The van der Waals surface area contributed by atoms with Gasteiger partial charge < -0.3 is 13.7 Å². The number of nitrogens with zero attached hydrogens (tertiary/aromatic N) is 2. The maximum atomic E-state index is 6.17. The maximum absolute atomic E-state index is 6.17. The molecule has 11 aromatic rings. The van der Waals surface area contributed by atoms with Crippen molar-refractivity contribution >= 4 is 71.5 Å². The summed E-state index contributed by atoms with van der Waals surface area (Å²) in [5.74, 6) is 0.613. The zero-order valence-corrected chi connectivity index (χ0v) is 30.9. The van der Waals surface area contributed by atoms with Gasteiger partial charge in [-0.05, 0) is 124 Å². The van der Waals surface area contributed by atoms with Crippen LogP contribution in [0.5, 0.6) is 0 Å². The van der Waals surface area contributed by atoms with E-state index in [1.165, 1.54) is 20.5 Å². The highest BCUT2D eigenvalue weighted by molar-refractivity contribution is 7.22. The van der Waals surface area contributed by atoms with E-state index >= 15 is 0 Å². The second-order valence-electron chi connectivity index (χ2n) is 14.0. The van der Waals surface area contributed by atoms with Crippen LogP contribution in [0.1, 0.15) is 0 Å². The van der Waals surface area contributed by atoms with Crippen LogP contribution < -0.4 is 4.90 Å². The lowest BCUT2D eigenvalue weighted by Crippen LogP contribution is -2.09. The van der Waals surface area contributed by atoms with Crippen LogP contribution >= 0.6 is 11.3 Å². The van der Waals surface area contributed by atoms with E-state index in [-0.39, 0.29) is 0 Å². The molecule has 0 aliphatic rings. The number of fused-ring (bicyclic) bond motifs is 5. The molecule has 3 heterocycles. The fraction of sp³-hybridized carbons (Fsp3) is 0. The van der Waals surface area contributed by atoms with Crippen LogP contribution in [0.15, 0.2) is 203 Å². The van der Waals surface area contributed by atoms with Gasteiger partial charge in [-0.25, -0.2) is 4.98 Å². The van der Waals surface area contributed by atoms with E-state index in [1.807, 2.05) is 47.7 Å². The third kappa shape index (κ3) is 5.74. The zero-order chi connectivity index (χ0) is 37.0. The van der Waals surface area contributed by atoms with E-state index < -0.39 is 0 Å². The lowest BCUT2D eigenvalue weighted by molar-refractivity contribution is 0.620. The van der Waals surface area contributed by atoms with Crippen LogP contribution in [0.3, 0.4) is 0 Å². The summed E-state index contributed by atoms with van der Waals surface area (Å²) < 4.78 is 13.6. The standard InChI is InChI=1S/C51H32N2O2S/c1-6-12-49-39(7-1)32-50(56-49)36-19-26-41(27-20-36)53(42-28-21-37(22-29-42)51-52-45-9-3-5-11-47(45)55-51)40-24-17-34(18-25-40)33-13-15-35(16-14-33)38-23-30-44-43-8-2-4-10-46(43)54-48(44)31-38/h1-32H. The Hall–Kier alpha value is -7.21. The largest absolute Gasteiger partial charge is 0.456 e. The van der Waals surface area contributed by atoms with Crippen LogP contribution in [0.4, 0.5) is 17.1 Å². The molecular weight excluding hydrogens is 705 g/mol. The first-order valence-corrected chi connectivity index (χ1v) is 19.5. The second kappa shape index (κ2) is 13.3. The Labute approximate surface area is 327 Å². The van der Waals surface area contributed by atoms with E-state index in [0.717, 1.165) is 77.9 Å². The molecule has 0 spiro atoms. The third-order valence-electron chi connectivity index (χ3n) is 10.6. The van der Waals surface area contributed by atoms with Crippen LogP contribution in [0.2, 0.25) is 0 Å². The molecule has 0 saturated heterocycles. The molecule has 0 fully saturated rings. The maximum Gasteiger partial charge on any atom is 0.227 e. The van der Waals surface area contributed by atoms with Crippen LogP contribution in [-0.2, 0) is 0 Å². The number of hydrogen-bond acceptors (Lipinski definition) is 5. The molecule has 0 saturated carbocycles. The molecule has 11 rings (SSSR count). The Morgan fingerprint density at radius 2 is 0.929 bits per heavy atom. The number of benzene rings is 8. The van der Waals surface area contributed by atoms with Gasteiger partial charge in [-0.15, -0.1) is 11.3 Å². The fourth-order valence-corrected chi connectivity index (χ4v) is 8.73. The van der Waals surface area contributed by atoms with Gasteiger partial charge in [0.25, 0.3) is 0 Å². The van der Waals surface area contributed by atoms with Crippen molar-refractivity contribution in [3.8, 4) is 44.1 Å². The predicted molar refractivity (Wildman–Crippen MR) is 233 cm³/mol. The van der Waals surface area contributed by atoms with Crippen LogP contribution in [0.25, 0.3) is 87.3 Å². The normalized spacial score (nSPS) is 11.6. The monoisotopic (exact) mass is 736 g/mol. The SMILES string of the molecule is c1ccc2sc(-c3ccc(N(c4ccc(-c5ccc(-c6ccc7c(c6)oc6ccccc67)cc5)cc4)c4ccc(-c5nc6ccccc6o5)cc4)cc3)cc2c1. The third-order valence-corrected chi connectivity index (χ3v) is 11.7. The van der Waals surface area contributed by atoms with Gasteiger partial charge in [0.15, 0.2) is 5.58 Å². The van der Waals surface area contributed by atoms with Crippen molar-refractivity contribution in [2.75, 3.05) is 4.90 Å². The molecular formula is C51H32N2O2S. The zero-order valence-electron chi connectivity index (χ0n) is 30.1. The van der Waals surface area contributed by atoms with Gasteiger partial charge in [-0.3, -0.25) is 0 Å². The lowest BCUT2D eigenvalue weighted by Gasteiger charge is -2.26. The van der Waals surface area contributed by atoms with Crippen LogP contribution in [-0.4, -0.2) is 4.98 Å². The van der Waals surface area contributed by atoms with E-state index in [0.29, 0.717) is 5.89 Å². The highest BCUT2D eigenvalue weighted by atomic mass is 32.1. The molecule has 0 aliphatic carbocycles. The summed E-state index contributed by atoms with van der Waals surface area (Å²) in [6, 6.07) is 68.3. The number of furan rings is 1. The number of hydrogen-bond donors (Lipinski definition) is 0. The van der Waals surface area contributed by atoms with Crippen LogP contribution in [0, 0.1) is 0 Å². The highest BCUT2D eigenvalue weighted by Gasteiger charge is 2.16. The van der Waals surface area contributed by atoms with Crippen molar-refractivity contribution in [2.24, 2.45) is 0 Å². The Balaban J connectivity index is 0.911. The average Bonchev–Trinajstić information content (AvgIpc) is 4.00. The van der Waals surface area contributed by atoms with Crippen molar-refractivity contribution < 1.29 is 8.83 Å². The molecule has 4 nitrogen and oxygen atoms in total. The van der Waals surface area contributed by atoms with Crippen molar-refractivity contribution in [3.05, 3.63) is 194 Å². The van der Waals surface area contributed by atoms with Gasteiger partial charge in [0.05, 0.1) is 0 Å². The minimum atomic E-state index is 0.613. The lowest BCUT2D eigenvalue weighted by atomic mass is 9.99. The summed E-state index contributed by atoms with van der Waals surface area (Å²) in [5.41, 5.74) is 13.4. The van der Waals surface area contributed by atoms with Crippen molar-refractivity contribution in [2.45, 2.75) is 0 Å². The van der Waals surface area contributed by atoms with E-state index in [2.05, 4.69) is 163 Å². The molecule has 3 aromatic heterocycles. The first-order valence-electron chi connectivity index (χ1n) is 18.7. The summed E-state index contributed by atoms with van der Waals surface area (Å²) >= 11 is 1.83. The topological polar surface area (TPSA) is 42.4 Å². The molecule has 264 valence electrons. The number of aromatic nitrogens is 1. The number of rotatable bonds is 7. The molecule has 5 heteroatoms. The molecule has 0 N–H and O–H groups in total. The van der Waals surface area contributed by atoms with Gasteiger partial charge in [0.1, 0.15) is 16.7 Å². The van der Waals surface area contributed by atoms with Gasteiger partial charge >= 0.3 is 0 Å². The van der Waals surface area contributed by atoms with Crippen molar-refractivity contribution in [3.63, 3.8) is 0 Å². The summed E-state index contributed by atoms with van der Waals surface area (Å²) in [6.45, 7) is 0. The van der Waals surface area contributed by atoms with E-state index in [4.69, 9.17) is 13.8 Å². The number of para-hydroxylation sites is 3. The molecule has 0 bridgehead atoms. The van der Waals surface area contributed by atoms with E-state index in [9.17, 15) is 0 Å². The summed E-state index contributed by atoms with van der Waals surface area (Å²) in [5, 5.41) is 3.56. The predicted octanol–water partition coefficient (Wildman–Crippen LogP) is 15.1. The van der Waals surface area contributed by atoms with Crippen molar-refractivity contribution in [1.82, 2.24) is 4.98 Å². The summed E-state index contributed by atoms with van der Waals surface area (Å²) in [7, 11) is 0. The number of anilines is 3.